The van der Waals surface area contributed by atoms with Gasteiger partial charge in [-0.2, -0.15) is 14.8 Å². The second-order valence-corrected chi connectivity index (χ2v) is 8.45. The quantitative estimate of drug-likeness (QED) is 0.758. The van der Waals surface area contributed by atoms with Crippen molar-refractivity contribution < 1.29 is 13.2 Å². The van der Waals surface area contributed by atoms with Crippen LogP contribution < -0.4 is 10.5 Å². The van der Waals surface area contributed by atoms with Crippen molar-refractivity contribution in [3.63, 3.8) is 0 Å². The van der Waals surface area contributed by atoms with Gasteiger partial charge in [-0.3, -0.25) is 4.79 Å². The molecule has 3 heterocycles. The Labute approximate surface area is 163 Å². The Kier molecular flexibility index (Phi) is 5.15. The summed E-state index contributed by atoms with van der Waals surface area (Å²) >= 11 is 0. The van der Waals surface area contributed by atoms with Crippen molar-refractivity contribution in [1.29, 1.82) is 0 Å². The van der Waals surface area contributed by atoms with E-state index in [1.165, 1.54) is 17.1 Å². The predicted molar refractivity (Wildman–Crippen MR) is 102 cm³/mol. The lowest BCUT2D eigenvalue weighted by Gasteiger charge is -2.38. The van der Waals surface area contributed by atoms with E-state index in [9.17, 15) is 13.2 Å². The van der Waals surface area contributed by atoms with Gasteiger partial charge in [-0.05, 0) is 37.0 Å². The third-order valence-electron chi connectivity index (χ3n) is 5.01. The number of carbonyl (C=O) groups excluding carboxylic acids is 1. The number of rotatable bonds is 2. The van der Waals surface area contributed by atoms with Crippen molar-refractivity contribution in [2.24, 2.45) is 11.7 Å². The van der Waals surface area contributed by atoms with Crippen LogP contribution in [0.1, 0.15) is 30.1 Å². The summed E-state index contributed by atoms with van der Waals surface area (Å²) < 4.78 is 28.8. The minimum atomic E-state index is -3.81. The van der Waals surface area contributed by atoms with E-state index in [1.807, 2.05) is 0 Å². The molecule has 27 heavy (non-hydrogen) atoms. The number of amides is 1. The number of benzene rings is 1. The number of nitrogens with two attached hydrogens (primary N) is 1. The van der Waals surface area contributed by atoms with Gasteiger partial charge in [0.25, 0.3) is 15.9 Å². The minimum Gasteiger partial charge on any atom is -0.334 e. The smallest absolute Gasteiger partial charge is 0.266 e. The summed E-state index contributed by atoms with van der Waals surface area (Å²) in [5, 5.41) is 4.03. The molecule has 0 saturated carbocycles. The van der Waals surface area contributed by atoms with Crippen LogP contribution in [0.15, 0.2) is 29.4 Å². The molecule has 1 saturated heterocycles. The number of nitrogens with zero attached hydrogens (tertiary/aromatic N) is 4. The summed E-state index contributed by atoms with van der Waals surface area (Å²) in [5.41, 5.74) is 6.54. The highest BCUT2D eigenvalue weighted by molar-refractivity contribution is 7.93. The SMILES string of the molecule is CC1CCN(C(=O)c2ccc3c(c2)S(=O)(=O)Nc2ncnn2-3)C(CN)C1.Cl. The molecular formula is C16H21ClN6O3S. The van der Waals surface area contributed by atoms with Crippen LogP contribution in [0.25, 0.3) is 5.69 Å². The highest BCUT2D eigenvalue weighted by atomic mass is 35.5. The molecule has 1 aromatic carbocycles. The van der Waals surface area contributed by atoms with Gasteiger partial charge in [0.15, 0.2) is 0 Å². The van der Waals surface area contributed by atoms with Crippen molar-refractivity contribution in [3.8, 4) is 5.69 Å². The molecule has 4 rings (SSSR count). The first kappa shape index (κ1) is 19.6. The average molecular weight is 413 g/mol. The number of sulfonamides is 1. The number of piperidine rings is 1. The molecule has 2 aromatic rings. The summed E-state index contributed by atoms with van der Waals surface area (Å²) in [4.78, 5) is 18.6. The fourth-order valence-corrected chi connectivity index (χ4v) is 4.81. The van der Waals surface area contributed by atoms with E-state index in [0.29, 0.717) is 30.3 Å². The van der Waals surface area contributed by atoms with Crippen LogP contribution in [0, 0.1) is 5.92 Å². The van der Waals surface area contributed by atoms with Crippen LogP contribution >= 0.6 is 12.4 Å². The van der Waals surface area contributed by atoms with Gasteiger partial charge in [0.2, 0.25) is 5.95 Å². The molecule has 2 atom stereocenters. The van der Waals surface area contributed by atoms with Crippen LogP contribution in [0.5, 0.6) is 0 Å². The lowest BCUT2D eigenvalue weighted by atomic mass is 9.92. The first-order valence-corrected chi connectivity index (χ1v) is 9.97. The number of halogens is 1. The predicted octanol–water partition coefficient (Wildman–Crippen LogP) is 1.00. The highest BCUT2D eigenvalue weighted by Gasteiger charge is 2.33. The second kappa shape index (κ2) is 7.10. The zero-order valence-electron chi connectivity index (χ0n) is 14.7. The number of hydrogen-bond acceptors (Lipinski definition) is 6. The van der Waals surface area contributed by atoms with Gasteiger partial charge in [-0.25, -0.2) is 13.1 Å². The number of nitrogens with one attached hydrogen (secondary N) is 1. The maximum Gasteiger partial charge on any atom is 0.266 e. The summed E-state index contributed by atoms with van der Waals surface area (Å²) in [5.74, 6) is 0.450. The third-order valence-corrected chi connectivity index (χ3v) is 6.37. The number of aromatic nitrogens is 3. The number of anilines is 1. The summed E-state index contributed by atoms with van der Waals surface area (Å²) in [6.07, 6.45) is 3.04. The minimum absolute atomic E-state index is 0. The van der Waals surface area contributed by atoms with Gasteiger partial charge in [0.1, 0.15) is 11.2 Å². The van der Waals surface area contributed by atoms with E-state index in [-0.39, 0.29) is 35.2 Å². The topological polar surface area (TPSA) is 123 Å². The highest BCUT2D eigenvalue weighted by Crippen LogP contribution is 2.31. The monoisotopic (exact) mass is 412 g/mol. The molecule has 3 N–H and O–H groups in total. The fourth-order valence-electron chi connectivity index (χ4n) is 3.61. The van der Waals surface area contributed by atoms with Gasteiger partial charge >= 0.3 is 0 Å². The maximum atomic E-state index is 13.0. The van der Waals surface area contributed by atoms with Crippen LogP contribution in [0.3, 0.4) is 0 Å². The molecule has 1 fully saturated rings. The maximum absolute atomic E-state index is 13.0. The normalized spacial score (nSPS) is 22.8. The standard InChI is InChI=1S/C16H20N6O3S.ClH/c1-10-4-5-21(12(6-10)8-17)15(23)11-2-3-13-14(7-11)26(24,25)20-16-18-9-19-22(13)16;/h2-3,7,9-10,12H,4-6,8,17H2,1H3,(H,18,19,20);1H. The van der Waals surface area contributed by atoms with Gasteiger partial charge in [0.05, 0.1) is 5.69 Å². The van der Waals surface area contributed by atoms with Crippen molar-refractivity contribution >= 4 is 34.3 Å². The summed E-state index contributed by atoms with van der Waals surface area (Å²) in [6.45, 7) is 3.16. The summed E-state index contributed by atoms with van der Waals surface area (Å²) in [6, 6.07) is 4.58. The Balaban J connectivity index is 0.00000210. The van der Waals surface area contributed by atoms with E-state index in [1.54, 1.807) is 17.0 Å². The number of hydrogen-bond donors (Lipinski definition) is 2. The molecule has 0 bridgehead atoms. The molecule has 2 aliphatic rings. The van der Waals surface area contributed by atoms with Crippen molar-refractivity contribution in [3.05, 3.63) is 30.1 Å². The second-order valence-electron chi connectivity index (χ2n) is 6.80. The van der Waals surface area contributed by atoms with Crippen molar-refractivity contribution in [2.45, 2.75) is 30.7 Å². The number of likely N-dealkylation sites (tertiary alicyclic amines) is 1. The molecular weight excluding hydrogens is 392 g/mol. The molecule has 2 unspecified atom stereocenters. The molecule has 0 spiro atoms. The number of carbonyl (C=O) groups is 1. The number of fused-ring (bicyclic) bond motifs is 3. The van der Waals surface area contributed by atoms with Crippen LogP contribution in [0.2, 0.25) is 0 Å². The Bertz CT molecular complexity index is 976. The largest absolute Gasteiger partial charge is 0.334 e. The Morgan fingerprint density at radius 2 is 2.19 bits per heavy atom. The van der Waals surface area contributed by atoms with E-state index < -0.39 is 10.0 Å². The summed E-state index contributed by atoms with van der Waals surface area (Å²) in [7, 11) is -3.81. The first-order chi connectivity index (χ1) is 12.4. The van der Waals surface area contributed by atoms with Crippen LogP contribution in [-0.2, 0) is 10.0 Å². The molecule has 2 aliphatic heterocycles. The molecule has 146 valence electrons. The van der Waals surface area contributed by atoms with E-state index >= 15 is 0 Å². The third kappa shape index (κ3) is 3.28. The lowest BCUT2D eigenvalue weighted by molar-refractivity contribution is 0.0573. The molecule has 11 heteroatoms. The van der Waals surface area contributed by atoms with Crippen LogP contribution in [-0.4, -0.2) is 53.1 Å². The zero-order valence-corrected chi connectivity index (χ0v) is 16.3. The van der Waals surface area contributed by atoms with Crippen molar-refractivity contribution in [2.75, 3.05) is 17.8 Å². The van der Waals surface area contributed by atoms with Crippen molar-refractivity contribution in [1.82, 2.24) is 19.7 Å². The van der Waals surface area contributed by atoms with E-state index in [4.69, 9.17) is 5.73 Å². The Hall–Kier alpha value is -2.17. The molecule has 1 aromatic heterocycles. The van der Waals surface area contributed by atoms with Gasteiger partial charge < -0.3 is 10.6 Å². The fraction of sp³-hybridized carbons (Fsp3) is 0.438. The van der Waals surface area contributed by atoms with Gasteiger partial charge in [-0.15, -0.1) is 12.4 Å². The van der Waals surface area contributed by atoms with Gasteiger partial charge in [0, 0.05) is 24.7 Å². The lowest BCUT2D eigenvalue weighted by Crippen LogP contribution is -2.49. The molecule has 9 nitrogen and oxygen atoms in total. The Morgan fingerprint density at radius 1 is 1.41 bits per heavy atom. The molecule has 1 amide bonds. The van der Waals surface area contributed by atoms with Gasteiger partial charge in [-0.1, -0.05) is 6.92 Å². The van der Waals surface area contributed by atoms with E-state index in [2.05, 4.69) is 21.7 Å². The first-order valence-electron chi connectivity index (χ1n) is 8.49. The average Bonchev–Trinajstić information content (AvgIpc) is 3.08. The van der Waals surface area contributed by atoms with Crippen LogP contribution in [0.4, 0.5) is 5.95 Å². The van der Waals surface area contributed by atoms with E-state index in [0.717, 1.165) is 12.8 Å². The molecule has 0 aliphatic carbocycles. The molecule has 0 radical (unpaired) electrons. The zero-order chi connectivity index (χ0) is 18.5. The Morgan fingerprint density at radius 3 is 2.93 bits per heavy atom.